The number of nitrogens with one attached hydrogen (secondary N) is 1. The minimum atomic E-state index is 0.738. The van der Waals surface area contributed by atoms with Gasteiger partial charge in [-0.05, 0) is 56.7 Å². The molecule has 1 heterocycles. The molecule has 3 rings (SSSR count). The molecule has 0 atom stereocenters. The monoisotopic (exact) mass is 243 g/mol. The van der Waals surface area contributed by atoms with Gasteiger partial charge in [0.1, 0.15) is 5.58 Å². The molecule has 1 aromatic heterocycles. The average molecular weight is 243 g/mol. The van der Waals surface area contributed by atoms with Gasteiger partial charge in [0.05, 0.1) is 6.26 Å². The van der Waals surface area contributed by atoms with Crippen molar-refractivity contribution in [3.63, 3.8) is 0 Å². The maximum absolute atomic E-state index is 5.62. The molecule has 96 valence electrons. The summed E-state index contributed by atoms with van der Waals surface area (Å²) in [6.45, 7) is 0. The number of benzene rings is 1. The first kappa shape index (κ1) is 11.8. The van der Waals surface area contributed by atoms with Gasteiger partial charge in [0.15, 0.2) is 0 Å². The van der Waals surface area contributed by atoms with Gasteiger partial charge in [0.2, 0.25) is 0 Å². The molecule has 1 saturated carbocycles. The summed E-state index contributed by atoms with van der Waals surface area (Å²) in [4.78, 5) is 0. The van der Waals surface area contributed by atoms with E-state index >= 15 is 0 Å². The lowest BCUT2D eigenvalue weighted by molar-refractivity contribution is 0.300. The highest BCUT2D eigenvalue weighted by Crippen LogP contribution is 2.30. The fraction of sp³-hybridized carbons (Fsp3) is 0.500. The quantitative estimate of drug-likeness (QED) is 0.888. The third kappa shape index (κ3) is 2.30. The molecular weight excluding hydrogens is 222 g/mol. The van der Waals surface area contributed by atoms with E-state index < -0.39 is 0 Å². The van der Waals surface area contributed by atoms with Gasteiger partial charge in [-0.1, -0.05) is 18.2 Å². The molecule has 0 radical (unpaired) electrons. The number of fused-ring (bicyclic) bond motifs is 1. The third-order valence-electron chi connectivity index (χ3n) is 4.32. The van der Waals surface area contributed by atoms with Crippen LogP contribution >= 0.6 is 0 Å². The zero-order valence-electron chi connectivity index (χ0n) is 11.0. The first-order chi connectivity index (χ1) is 8.86. The van der Waals surface area contributed by atoms with Crippen molar-refractivity contribution in [3.05, 3.63) is 36.1 Å². The van der Waals surface area contributed by atoms with Crippen LogP contribution in [0.3, 0.4) is 0 Å². The number of hydrogen-bond acceptors (Lipinski definition) is 2. The molecule has 0 bridgehead atoms. The zero-order chi connectivity index (χ0) is 12.4. The Morgan fingerprint density at radius 2 is 1.94 bits per heavy atom. The molecule has 2 aromatic rings. The molecule has 1 aliphatic carbocycles. The van der Waals surface area contributed by atoms with Gasteiger partial charge >= 0.3 is 0 Å². The van der Waals surface area contributed by atoms with E-state index in [4.69, 9.17) is 4.42 Å². The lowest BCUT2D eigenvalue weighted by Crippen LogP contribution is -2.30. The van der Waals surface area contributed by atoms with Gasteiger partial charge in [-0.2, -0.15) is 0 Å². The van der Waals surface area contributed by atoms with Crippen LogP contribution in [0.15, 0.2) is 34.9 Å². The second kappa shape index (κ2) is 5.15. The molecule has 0 unspecified atom stereocenters. The Morgan fingerprint density at radius 3 is 2.72 bits per heavy atom. The molecular formula is C16H21NO. The lowest BCUT2D eigenvalue weighted by atomic mass is 9.82. The van der Waals surface area contributed by atoms with Crippen LogP contribution in [0.25, 0.3) is 11.0 Å². The van der Waals surface area contributed by atoms with E-state index in [-0.39, 0.29) is 0 Å². The average Bonchev–Trinajstić information content (AvgIpc) is 2.83. The summed E-state index contributed by atoms with van der Waals surface area (Å²) in [7, 11) is 2.08. The normalized spacial score (nSPS) is 24.5. The van der Waals surface area contributed by atoms with Gasteiger partial charge in [-0.3, -0.25) is 0 Å². The summed E-state index contributed by atoms with van der Waals surface area (Å²) in [5, 5.41) is 4.69. The first-order valence-electron chi connectivity index (χ1n) is 6.99. The molecule has 1 aliphatic rings. The van der Waals surface area contributed by atoms with E-state index in [0.717, 1.165) is 17.5 Å². The predicted octanol–water partition coefficient (Wildman–Crippen LogP) is 3.75. The fourth-order valence-corrected chi connectivity index (χ4v) is 3.16. The van der Waals surface area contributed by atoms with Crippen LogP contribution in [0.1, 0.15) is 31.2 Å². The first-order valence-corrected chi connectivity index (χ1v) is 6.99. The summed E-state index contributed by atoms with van der Waals surface area (Å²) in [5.74, 6) is 0.829. The molecule has 18 heavy (non-hydrogen) atoms. The predicted molar refractivity (Wildman–Crippen MR) is 74.7 cm³/mol. The van der Waals surface area contributed by atoms with Crippen molar-refractivity contribution in [1.29, 1.82) is 0 Å². The van der Waals surface area contributed by atoms with Crippen molar-refractivity contribution < 1.29 is 4.42 Å². The number of para-hydroxylation sites is 1. The van der Waals surface area contributed by atoms with Gasteiger partial charge < -0.3 is 9.73 Å². The van der Waals surface area contributed by atoms with E-state index in [1.54, 1.807) is 0 Å². The van der Waals surface area contributed by atoms with Crippen LogP contribution in [0.4, 0.5) is 0 Å². The molecule has 0 aliphatic heterocycles. The van der Waals surface area contributed by atoms with Crippen LogP contribution in [0.2, 0.25) is 0 Å². The minimum Gasteiger partial charge on any atom is -0.464 e. The van der Waals surface area contributed by atoms with E-state index in [1.165, 1.54) is 43.1 Å². The second-order valence-corrected chi connectivity index (χ2v) is 5.47. The van der Waals surface area contributed by atoms with Gasteiger partial charge in [0, 0.05) is 11.4 Å². The zero-order valence-corrected chi connectivity index (χ0v) is 11.0. The van der Waals surface area contributed by atoms with Crippen molar-refractivity contribution >= 4 is 11.0 Å². The highest BCUT2D eigenvalue weighted by molar-refractivity contribution is 5.80. The second-order valence-electron chi connectivity index (χ2n) is 5.47. The Hall–Kier alpha value is -1.28. The maximum Gasteiger partial charge on any atom is 0.134 e. The minimum absolute atomic E-state index is 0.738. The van der Waals surface area contributed by atoms with Crippen molar-refractivity contribution in [1.82, 2.24) is 5.32 Å². The topological polar surface area (TPSA) is 25.2 Å². The summed E-state index contributed by atoms with van der Waals surface area (Å²) in [6, 6.07) is 9.10. The smallest absolute Gasteiger partial charge is 0.134 e. The number of rotatable bonds is 3. The summed E-state index contributed by atoms with van der Waals surface area (Å²) in [5.41, 5.74) is 2.41. The third-order valence-corrected chi connectivity index (χ3v) is 4.32. The van der Waals surface area contributed by atoms with Gasteiger partial charge in [-0.15, -0.1) is 0 Å². The summed E-state index contributed by atoms with van der Waals surface area (Å²) >= 11 is 0. The maximum atomic E-state index is 5.62. The largest absolute Gasteiger partial charge is 0.464 e. The van der Waals surface area contributed by atoms with E-state index in [0.29, 0.717) is 0 Å². The molecule has 0 amide bonds. The van der Waals surface area contributed by atoms with Crippen LogP contribution < -0.4 is 5.32 Å². The molecule has 1 fully saturated rings. The fourth-order valence-electron chi connectivity index (χ4n) is 3.16. The van der Waals surface area contributed by atoms with E-state index in [9.17, 15) is 0 Å². The van der Waals surface area contributed by atoms with Crippen molar-refractivity contribution in [2.24, 2.45) is 5.92 Å². The van der Waals surface area contributed by atoms with Gasteiger partial charge in [0.25, 0.3) is 0 Å². The van der Waals surface area contributed by atoms with Crippen LogP contribution in [0.5, 0.6) is 0 Å². The summed E-state index contributed by atoms with van der Waals surface area (Å²) < 4.78 is 5.62. The molecule has 0 spiro atoms. The Bertz CT molecular complexity index is 509. The Kier molecular flexibility index (Phi) is 3.37. The molecule has 1 aromatic carbocycles. The highest BCUT2D eigenvalue weighted by atomic mass is 16.3. The Labute approximate surface area is 108 Å². The van der Waals surface area contributed by atoms with Crippen LogP contribution in [-0.2, 0) is 6.42 Å². The van der Waals surface area contributed by atoms with Crippen LogP contribution in [0, 0.1) is 5.92 Å². The number of hydrogen-bond donors (Lipinski definition) is 1. The molecule has 0 saturated heterocycles. The lowest BCUT2D eigenvalue weighted by Gasteiger charge is -2.27. The molecule has 2 heteroatoms. The van der Waals surface area contributed by atoms with Crippen molar-refractivity contribution in [2.75, 3.05) is 7.05 Å². The van der Waals surface area contributed by atoms with Crippen molar-refractivity contribution in [3.8, 4) is 0 Å². The SMILES string of the molecule is CNC1CCC(Cc2coc3ccccc23)CC1. The summed E-state index contributed by atoms with van der Waals surface area (Å²) in [6.07, 6.45) is 8.44. The highest BCUT2D eigenvalue weighted by Gasteiger charge is 2.21. The van der Waals surface area contributed by atoms with Crippen molar-refractivity contribution in [2.45, 2.75) is 38.1 Å². The van der Waals surface area contributed by atoms with Gasteiger partial charge in [-0.25, -0.2) is 0 Å². The molecule has 1 N–H and O–H groups in total. The van der Waals surface area contributed by atoms with E-state index in [1.807, 2.05) is 12.3 Å². The Morgan fingerprint density at radius 1 is 1.17 bits per heavy atom. The standard InChI is InChI=1S/C16H21NO/c1-17-14-8-6-12(7-9-14)10-13-11-18-16-5-3-2-4-15(13)16/h2-5,11-12,14,17H,6-10H2,1H3. The van der Waals surface area contributed by atoms with E-state index in [2.05, 4.69) is 30.6 Å². The Balaban J connectivity index is 1.70. The van der Waals surface area contributed by atoms with Crippen LogP contribution in [-0.4, -0.2) is 13.1 Å². The number of furan rings is 1. The molecule has 2 nitrogen and oxygen atoms in total.